The van der Waals surface area contributed by atoms with Crippen LogP contribution in [0.5, 0.6) is 5.75 Å². The first-order chi connectivity index (χ1) is 17.5. The van der Waals surface area contributed by atoms with Crippen molar-refractivity contribution in [1.82, 2.24) is 4.98 Å². The number of carbonyl (C=O) groups is 1. The molecule has 1 N–H and O–H groups in total. The Bertz CT molecular complexity index is 1420. The van der Waals surface area contributed by atoms with E-state index in [1.807, 2.05) is 60.7 Å². The van der Waals surface area contributed by atoms with Gasteiger partial charge in [0.15, 0.2) is 0 Å². The van der Waals surface area contributed by atoms with Gasteiger partial charge in [-0.25, -0.2) is 4.98 Å². The molecule has 0 aliphatic rings. The fourth-order valence-electron chi connectivity index (χ4n) is 3.54. The maximum absolute atomic E-state index is 12.5. The van der Waals surface area contributed by atoms with Crippen molar-refractivity contribution in [3.63, 3.8) is 0 Å². The van der Waals surface area contributed by atoms with Gasteiger partial charge in [0.2, 0.25) is 5.91 Å². The molecule has 1 heterocycles. The number of amides is 1. The van der Waals surface area contributed by atoms with Crippen LogP contribution in [0.15, 0.2) is 83.9 Å². The third-order valence-electron chi connectivity index (χ3n) is 5.36. The number of rotatable bonds is 8. The van der Waals surface area contributed by atoms with Gasteiger partial charge in [-0.2, -0.15) is 5.26 Å². The van der Waals surface area contributed by atoms with Crippen LogP contribution in [0.3, 0.4) is 0 Å². The largest absolute Gasteiger partial charge is 0.497 e. The number of halogens is 2. The van der Waals surface area contributed by atoms with Crippen molar-refractivity contribution in [1.29, 1.82) is 5.26 Å². The normalized spacial score (nSPS) is 10.5. The summed E-state index contributed by atoms with van der Waals surface area (Å²) in [4.78, 5) is 17.3. The average molecular weight is 534 g/mol. The van der Waals surface area contributed by atoms with Crippen LogP contribution >= 0.6 is 35.0 Å². The van der Waals surface area contributed by atoms with E-state index in [2.05, 4.69) is 11.4 Å². The minimum atomic E-state index is -0.209. The standard InChI is InChI=1S/C28H21Cl2N3O2S/c1-35-20-12-10-18(11-13-20)21-16-25(19-6-3-2-4-7-19)33-28(22(21)17-31)36-15-14-26(34)32-24-9-5-8-23(29)27(24)30/h2-13,16H,14-15H2,1H3,(H,32,34). The van der Waals surface area contributed by atoms with E-state index in [9.17, 15) is 10.1 Å². The van der Waals surface area contributed by atoms with E-state index in [0.29, 0.717) is 32.1 Å². The highest BCUT2D eigenvalue weighted by atomic mass is 35.5. The molecule has 180 valence electrons. The van der Waals surface area contributed by atoms with Gasteiger partial charge in [0, 0.05) is 23.3 Å². The third kappa shape index (κ3) is 6.00. The summed E-state index contributed by atoms with van der Waals surface area (Å²) in [6.45, 7) is 0. The number of hydrogen-bond acceptors (Lipinski definition) is 5. The van der Waals surface area contributed by atoms with Crippen LogP contribution in [0.4, 0.5) is 5.69 Å². The lowest BCUT2D eigenvalue weighted by Crippen LogP contribution is -2.12. The third-order valence-corrected chi connectivity index (χ3v) is 7.16. The van der Waals surface area contributed by atoms with Gasteiger partial charge in [-0.3, -0.25) is 4.79 Å². The molecular formula is C28H21Cl2N3O2S. The Morgan fingerprint density at radius 3 is 2.47 bits per heavy atom. The number of nitrogens with zero attached hydrogens (tertiary/aromatic N) is 2. The highest BCUT2D eigenvalue weighted by molar-refractivity contribution is 7.99. The smallest absolute Gasteiger partial charge is 0.225 e. The quantitative estimate of drug-likeness (QED) is 0.234. The van der Waals surface area contributed by atoms with E-state index in [0.717, 1.165) is 28.1 Å². The molecule has 0 bridgehead atoms. The number of nitrogens with one attached hydrogen (secondary N) is 1. The van der Waals surface area contributed by atoms with Crippen molar-refractivity contribution in [2.45, 2.75) is 11.4 Å². The lowest BCUT2D eigenvalue weighted by atomic mass is 9.99. The van der Waals surface area contributed by atoms with Crippen LogP contribution < -0.4 is 10.1 Å². The highest BCUT2D eigenvalue weighted by Crippen LogP contribution is 2.35. The van der Waals surface area contributed by atoms with E-state index >= 15 is 0 Å². The molecule has 1 aromatic heterocycles. The number of thioether (sulfide) groups is 1. The van der Waals surface area contributed by atoms with Crippen molar-refractivity contribution in [2.24, 2.45) is 0 Å². The lowest BCUT2D eigenvalue weighted by Gasteiger charge is -2.13. The lowest BCUT2D eigenvalue weighted by molar-refractivity contribution is -0.115. The molecule has 0 spiro atoms. The van der Waals surface area contributed by atoms with Crippen molar-refractivity contribution < 1.29 is 9.53 Å². The van der Waals surface area contributed by atoms with Crippen LogP contribution in [0.1, 0.15) is 12.0 Å². The molecule has 8 heteroatoms. The Kier molecular flexibility index (Phi) is 8.50. The van der Waals surface area contributed by atoms with Gasteiger partial charge in [0.25, 0.3) is 0 Å². The second kappa shape index (κ2) is 12.0. The maximum Gasteiger partial charge on any atom is 0.225 e. The van der Waals surface area contributed by atoms with Crippen molar-refractivity contribution in [3.8, 4) is 34.2 Å². The summed E-state index contributed by atoms with van der Waals surface area (Å²) in [5.41, 5.74) is 4.25. The molecule has 0 fully saturated rings. The Labute approximate surface area is 224 Å². The predicted molar refractivity (Wildman–Crippen MR) is 147 cm³/mol. The molecule has 0 saturated carbocycles. The van der Waals surface area contributed by atoms with Gasteiger partial charge in [-0.1, -0.05) is 71.7 Å². The molecule has 0 radical (unpaired) electrons. The first-order valence-corrected chi connectivity index (χ1v) is 12.8. The number of nitriles is 1. The van der Waals surface area contributed by atoms with E-state index in [1.165, 1.54) is 11.8 Å². The summed E-state index contributed by atoms with van der Waals surface area (Å²) in [6, 6.07) is 26.6. The Hall–Kier alpha value is -3.50. The van der Waals surface area contributed by atoms with Crippen molar-refractivity contribution in [3.05, 3.63) is 94.5 Å². The van der Waals surface area contributed by atoms with Crippen molar-refractivity contribution in [2.75, 3.05) is 18.2 Å². The Morgan fingerprint density at radius 1 is 1.03 bits per heavy atom. The van der Waals surface area contributed by atoms with Crippen LogP contribution in [-0.2, 0) is 4.79 Å². The predicted octanol–water partition coefficient (Wildman–Crippen LogP) is 7.72. The fourth-order valence-corrected chi connectivity index (χ4v) is 4.83. The highest BCUT2D eigenvalue weighted by Gasteiger charge is 2.17. The molecule has 0 aliphatic carbocycles. The molecule has 4 rings (SSSR count). The first kappa shape index (κ1) is 25.6. The molecule has 0 atom stereocenters. The van der Waals surface area contributed by atoms with E-state index in [4.69, 9.17) is 32.9 Å². The topological polar surface area (TPSA) is 75.0 Å². The number of pyridine rings is 1. The molecule has 0 aliphatic heterocycles. The SMILES string of the molecule is COc1ccc(-c2cc(-c3ccccc3)nc(SCCC(=O)Nc3cccc(Cl)c3Cl)c2C#N)cc1. The zero-order chi connectivity index (χ0) is 25.5. The molecule has 0 unspecified atom stereocenters. The first-order valence-electron chi connectivity index (χ1n) is 11.0. The summed E-state index contributed by atoms with van der Waals surface area (Å²) < 4.78 is 5.28. The van der Waals surface area contributed by atoms with Gasteiger partial charge in [-0.15, -0.1) is 11.8 Å². The summed E-state index contributed by atoms with van der Waals surface area (Å²) in [6.07, 6.45) is 0.202. The molecule has 36 heavy (non-hydrogen) atoms. The van der Waals surface area contributed by atoms with Gasteiger partial charge in [0.05, 0.1) is 34.1 Å². The zero-order valence-electron chi connectivity index (χ0n) is 19.3. The number of aromatic nitrogens is 1. The van der Waals surface area contributed by atoms with Crippen LogP contribution in [0, 0.1) is 11.3 Å². The fraction of sp³-hybridized carbons (Fsp3) is 0.107. The van der Waals surface area contributed by atoms with E-state index in [-0.39, 0.29) is 12.3 Å². The van der Waals surface area contributed by atoms with Crippen LogP contribution in [0.2, 0.25) is 10.0 Å². The molecule has 1 amide bonds. The number of carbonyl (C=O) groups excluding carboxylic acids is 1. The summed E-state index contributed by atoms with van der Waals surface area (Å²) in [5.74, 6) is 0.946. The monoisotopic (exact) mass is 533 g/mol. The maximum atomic E-state index is 12.5. The van der Waals surface area contributed by atoms with Crippen LogP contribution in [-0.4, -0.2) is 23.8 Å². The summed E-state index contributed by atoms with van der Waals surface area (Å²) >= 11 is 13.6. The molecular weight excluding hydrogens is 513 g/mol. The summed E-state index contributed by atoms with van der Waals surface area (Å²) in [7, 11) is 1.61. The van der Waals surface area contributed by atoms with E-state index in [1.54, 1.807) is 25.3 Å². The van der Waals surface area contributed by atoms with Crippen LogP contribution in [0.25, 0.3) is 22.4 Å². The number of hydrogen-bond donors (Lipinski definition) is 1. The van der Waals surface area contributed by atoms with E-state index < -0.39 is 0 Å². The molecule has 4 aromatic rings. The second-order valence-electron chi connectivity index (χ2n) is 7.69. The van der Waals surface area contributed by atoms with Gasteiger partial charge >= 0.3 is 0 Å². The summed E-state index contributed by atoms with van der Waals surface area (Å²) in [5, 5.41) is 14.1. The van der Waals surface area contributed by atoms with Gasteiger partial charge in [0.1, 0.15) is 16.8 Å². The minimum Gasteiger partial charge on any atom is -0.497 e. The van der Waals surface area contributed by atoms with Gasteiger partial charge in [-0.05, 0) is 35.9 Å². The molecule has 5 nitrogen and oxygen atoms in total. The number of benzene rings is 3. The zero-order valence-corrected chi connectivity index (χ0v) is 21.6. The Balaban J connectivity index is 1.60. The Morgan fingerprint density at radius 2 is 1.78 bits per heavy atom. The second-order valence-corrected chi connectivity index (χ2v) is 9.56. The van der Waals surface area contributed by atoms with Gasteiger partial charge < -0.3 is 10.1 Å². The minimum absolute atomic E-state index is 0.202. The number of methoxy groups -OCH3 is 1. The molecule has 3 aromatic carbocycles. The number of anilines is 1. The van der Waals surface area contributed by atoms with Crippen molar-refractivity contribution >= 4 is 46.6 Å². The number of ether oxygens (including phenoxy) is 1. The average Bonchev–Trinajstić information content (AvgIpc) is 2.91. The molecule has 0 saturated heterocycles.